The van der Waals surface area contributed by atoms with Crippen LogP contribution in [-0.4, -0.2) is 22.6 Å². The number of pyridine rings is 1. The maximum absolute atomic E-state index is 13.7. The van der Waals surface area contributed by atoms with Crippen LogP contribution in [0.25, 0.3) is 6.08 Å². The fourth-order valence-corrected chi connectivity index (χ4v) is 3.22. The lowest BCUT2D eigenvalue weighted by Gasteiger charge is -2.19. The first-order chi connectivity index (χ1) is 14.9. The largest absolute Gasteiger partial charge is 0.348 e. The molecule has 0 radical (unpaired) electrons. The molecule has 0 spiro atoms. The van der Waals surface area contributed by atoms with E-state index in [0.717, 1.165) is 11.6 Å². The zero-order chi connectivity index (χ0) is 22.0. The molecule has 154 valence electrons. The van der Waals surface area contributed by atoms with E-state index >= 15 is 0 Å². The fraction of sp³-hybridized carbons (Fsp3) is 0.0435. The molecule has 0 aliphatic carbocycles. The van der Waals surface area contributed by atoms with Crippen molar-refractivity contribution < 1.29 is 18.8 Å². The third-order valence-electron chi connectivity index (χ3n) is 4.69. The summed E-state index contributed by atoms with van der Waals surface area (Å²) in [6.07, 6.45) is 4.57. The molecule has 2 heterocycles. The number of anilines is 1. The summed E-state index contributed by atoms with van der Waals surface area (Å²) in [4.78, 5) is 41.9. The van der Waals surface area contributed by atoms with E-state index in [9.17, 15) is 18.8 Å². The van der Waals surface area contributed by atoms with E-state index in [1.807, 2.05) is 6.07 Å². The van der Waals surface area contributed by atoms with Crippen LogP contribution in [0.4, 0.5) is 10.1 Å². The van der Waals surface area contributed by atoms with Crippen molar-refractivity contribution in [2.45, 2.75) is 6.54 Å². The van der Waals surface area contributed by atoms with Gasteiger partial charge in [-0.05, 0) is 53.6 Å². The van der Waals surface area contributed by atoms with Crippen molar-refractivity contribution >= 4 is 41.0 Å². The van der Waals surface area contributed by atoms with Gasteiger partial charge in [-0.1, -0.05) is 23.7 Å². The Labute approximate surface area is 181 Å². The second-order valence-electron chi connectivity index (χ2n) is 6.82. The smallest absolute Gasteiger partial charge is 0.259 e. The number of Topliss-reactive ketones (excluding diaryl/α,β-unsaturated/α-hetero) is 1. The number of amides is 2. The van der Waals surface area contributed by atoms with Gasteiger partial charge in [-0.25, -0.2) is 4.39 Å². The van der Waals surface area contributed by atoms with Gasteiger partial charge < -0.3 is 10.6 Å². The highest BCUT2D eigenvalue weighted by Crippen LogP contribution is 2.28. The fourth-order valence-electron chi connectivity index (χ4n) is 3.11. The van der Waals surface area contributed by atoms with Crippen molar-refractivity contribution in [3.63, 3.8) is 0 Å². The van der Waals surface area contributed by atoms with Gasteiger partial charge in [-0.3, -0.25) is 19.4 Å². The number of hydrogen-bond donors (Lipinski definition) is 2. The van der Waals surface area contributed by atoms with Crippen LogP contribution in [0.2, 0.25) is 5.02 Å². The molecule has 1 aliphatic rings. The normalized spacial score (nSPS) is 14.2. The second-order valence-corrected chi connectivity index (χ2v) is 7.23. The van der Waals surface area contributed by atoms with E-state index in [1.165, 1.54) is 36.4 Å². The molecule has 0 saturated carbocycles. The van der Waals surface area contributed by atoms with Crippen molar-refractivity contribution in [2.24, 2.45) is 0 Å². The lowest BCUT2D eigenvalue weighted by atomic mass is 9.93. The van der Waals surface area contributed by atoms with Crippen LogP contribution in [0, 0.1) is 5.82 Å². The van der Waals surface area contributed by atoms with Gasteiger partial charge in [0.05, 0.1) is 16.3 Å². The number of aromatic nitrogens is 1. The molecular weight excluding hydrogens is 421 g/mol. The Kier molecular flexibility index (Phi) is 5.60. The van der Waals surface area contributed by atoms with Gasteiger partial charge in [0.15, 0.2) is 0 Å². The zero-order valence-electron chi connectivity index (χ0n) is 16.0. The molecule has 1 aromatic heterocycles. The molecule has 2 N–H and O–H groups in total. The molecule has 0 fully saturated rings. The Morgan fingerprint density at radius 3 is 2.74 bits per heavy atom. The van der Waals surface area contributed by atoms with Crippen LogP contribution >= 0.6 is 11.6 Å². The number of ketones is 1. The molecule has 0 unspecified atom stereocenters. The number of benzene rings is 2. The number of rotatable bonds is 4. The topological polar surface area (TPSA) is 88.2 Å². The van der Waals surface area contributed by atoms with E-state index in [4.69, 9.17) is 11.6 Å². The highest BCUT2D eigenvalue weighted by Gasteiger charge is 2.29. The Morgan fingerprint density at radius 2 is 2.00 bits per heavy atom. The molecule has 31 heavy (non-hydrogen) atoms. The van der Waals surface area contributed by atoms with Gasteiger partial charge in [0.2, 0.25) is 5.78 Å². The summed E-state index contributed by atoms with van der Waals surface area (Å²) < 4.78 is 13.7. The Morgan fingerprint density at radius 1 is 1.16 bits per heavy atom. The summed E-state index contributed by atoms with van der Waals surface area (Å²) in [5.41, 5.74) is 1.73. The van der Waals surface area contributed by atoms with Crippen LogP contribution in [0.15, 0.2) is 66.5 Å². The van der Waals surface area contributed by atoms with Crippen molar-refractivity contribution in [2.75, 3.05) is 5.32 Å². The minimum absolute atomic E-state index is 0.0612. The molecule has 1 aliphatic heterocycles. The Balaban J connectivity index is 1.59. The van der Waals surface area contributed by atoms with Crippen molar-refractivity contribution in [1.29, 1.82) is 0 Å². The molecule has 3 aromatic rings. The minimum atomic E-state index is -0.660. The summed E-state index contributed by atoms with van der Waals surface area (Å²) >= 11 is 5.68. The molecule has 4 rings (SSSR count). The molecule has 6 nitrogen and oxygen atoms in total. The molecular formula is C23H15ClFN3O3. The number of halogens is 2. The van der Waals surface area contributed by atoms with Crippen molar-refractivity contribution in [3.8, 4) is 0 Å². The van der Waals surface area contributed by atoms with Crippen LogP contribution in [0.3, 0.4) is 0 Å². The SMILES string of the molecule is O=C1Nc2ccc(C(=O)NCc3cccnc3)cc2C(=O)/C1=C/c1ccc(Cl)c(F)c1. The number of fused-ring (bicyclic) bond motifs is 1. The summed E-state index contributed by atoms with van der Waals surface area (Å²) in [5, 5.41) is 5.32. The first-order valence-corrected chi connectivity index (χ1v) is 9.64. The predicted molar refractivity (Wildman–Crippen MR) is 114 cm³/mol. The van der Waals surface area contributed by atoms with E-state index < -0.39 is 17.5 Å². The van der Waals surface area contributed by atoms with Crippen LogP contribution in [0.5, 0.6) is 0 Å². The Bertz CT molecular complexity index is 1240. The second kappa shape index (κ2) is 8.49. The van der Waals surface area contributed by atoms with Crippen LogP contribution < -0.4 is 10.6 Å². The first kappa shape index (κ1) is 20.4. The number of nitrogens with one attached hydrogen (secondary N) is 2. The minimum Gasteiger partial charge on any atom is -0.348 e. The summed E-state index contributed by atoms with van der Waals surface area (Å²) in [5.74, 6) is -2.20. The standard InChI is InChI=1S/C23H15ClFN3O3/c24-18-5-3-13(9-19(18)25)8-17-21(29)16-10-15(4-6-20(16)28-23(17)31)22(30)27-12-14-2-1-7-26-11-14/h1-11H,12H2,(H,27,30)(H,28,31)/b17-8-. The van der Waals surface area contributed by atoms with Gasteiger partial charge >= 0.3 is 0 Å². The van der Waals surface area contributed by atoms with Gasteiger partial charge in [0.25, 0.3) is 11.8 Å². The monoisotopic (exact) mass is 435 g/mol. The molecule has 0 saturated heterocycles. The summed E-state index contributed by atoms with van der Waals surface area (Å²) in [7, 11) is 0. The number of carbonyl (C=O) groups excluding carboxylic acids is 3. The summed E-state index contributed by atoms with van der Waals surface area (Å²) in [6, 6.07) is 12.0. The lowest BCUT2D eigenvalue weighted by Crippen LogP contribution is -2.28. The Hall–Kier alpha value is -3.84. The van der Waals surface area contributed by atoms with Crippen LogP contribution in [-0.2, 0) is 11.3 Å². The number of carbonyl (C=O) groups is 3. The summed E-state index contributed by atoms with van der Waals surface area (Å²) in [6.45, 7) is 0.279. The van der Waals surface area contributed by atoms with Gasteiger partial charge in [-0.15, -0.1) is 0 Å². The van der Waals surface area contributed by atoms with Gasteiger partial charge in [-0.2, -0.15) is 0 Å². The quantitative estimate of drug-likeness (QED) is 0.478. The molecule has 2 amide bonds. The molecule has 0 atom stereocenters. The van der Waals surface area contributed by atoms with E-state index in [0.29, 0.717) is 11.3 Å². The molecule has 2 aromatic carbocycles. The van der Waals surface area contributed by atoms with E-state index in [-0.39, 0.29) is 34.2 Å². The van der Waals surface area contributed by atoms with E-state index in [2.05, 4.69) is 15.6 Å². The predicted octanol–water partition coefficient (Wildman–Crippen LogP) is 4.02. The number of nitrogens with zero attached hydrogens (tertiary/aromatic N) is 1. The van der Waals surface area contributed by atoms with Crippen LogP contribution in [0.1, 0.15) is 31.8 Å². The van der Waals surface area contributed by atoms with Crippen molar-refractivity contribution in [1.82, 2.24) is 10.3 Å². The third-order valence-corrected chi connectivity index (χ3v) is 5.00. The highest BCUT2D eigenvalue weighted by molar-refractivity contribution is 6.36. The lowest BCUT2D eigenvalue weighted by molar-refractivity contribution is -0.112. The average Bonchev–Trinajstić information content (AvgIpc) is 2.78. The van der Waals surface area contributed by atoms with Crippen molar-refractivity contribution in [3.05, 3.63) is 99.6 Å². The van der Waals surface area contributed by atoms with Gasteiger partial charge in [0, 0.05) is 30.1 Å². The maximum atomic E-state index is 13.7. The first-order valence-electron chi connectivity index (χ1n) is 9.26. The van der Waals surface area contributed by atoms with Gasteiger partial charge in [0.1, 0.15) is 5.82 Å². The molecule has 0 bridgehead atoms. The third kappa shape index (κ3) is 4.36. The molecule has 8 heteroatoms. The maximum Gasteiger partial charge on any atom is 0.259 e. The average molecular weight is 436 g/mol. The zero-order valence-corrected chi connectivity index (χ0v) is 16.7. The van der Waals surface area contributed by atoms with E-state index in [1.54, 1.807) is 18.5 Å². The highest BCUT2D eigenvalue weighted by atomic mass is 35.5. The number of hydrogen-bond acceptors (Lipinski definition) is 4.